The number of rotatable bonds is 11. The van der Waals surface area contributed by atoms with Crippen molar-refractivity contribution >= 4 is 11.8 Å². The molecule has 3 rings (SSSR count). The van der Waals surface area contributed by atoms with Gasteiger partial charge < -0.3 is 28.8 Å². The summed E-state index contributed by atoms with van der Waals surface area (Å²) in [6.07, 6.45) is 5.72. The number of carbonyl (C=O) groups is 2. The number of nitrogens with one attached hydrogen (secondary N) is 1. The molecule has 2 aromatic rings. The van der Waals surface area contributed by atoms with Gasteiger partial charge in [0.25, 0.3) is 5.91 Å². The fourth-order valence-corrected chi connectivity index (χ4v) is 3.59. The highest BCUT2D eigenvalue weighted by molar-refractivity contribution is 5.94. The third-order valence-electron chi connectivity index (χ3n) is 5.30. The molecule has 1 aromatic heterocycles. The summed E-state index contributed by atoms with van der Waals surface area (Å²) in [7, 11) is 3.19. The Kier molecular flexibility index (Phi) is 8.35. The first kappa shape index (κ1) is 22.7. The van der Waals surface area contributed by atoms with E-state index in [1.54, 1.807) is 25.2 Å². The summed E-state index contributed by atoms with van der Waals surface area (Å²) >= 11 is 0. The molecule has 1 N–H and O–H groups in total. The van der Waals surface area contributed by atoms with Crippen LogP contribution in [0.15, 0.2) is 41.2 Å². The minimum absolute atomic E-state index is 0.0176. The lowest BCUT2D eigenvalue weighted by Crippen LogP contribution is -2.40. The van der Waals surface area contributed by atoms with E-state index in [1.807, 2.05) is 18.2 Å². The molecule has 0 radical (unpaired) electrons. The Morgan fingerprint density at radius 1 is 1.19 bits per heavy atom. The summed E-state index contributed by atoms with van der Waals surface area (Å²) < 4.78 is 21.3. The van der Waals surface area contributed by atoms with E-state index in [4.69, 9.17) is 18.6 Å². The van der Waals surface area contributed by atoms with Crippen LogP contribution in [0, 0.1) is 0 Å². The van der Waals surface area contributed by atoms with Crippen molar-refractivity contribution in [3.8, 4) is 11.5 Å². The maximum Gasteiger partial charge on any atom is 0.257 e. The SMILES string of the molecule is COc1ccc(CCNC(=O)CCN(CC2CCCO2)C(=O)c2ccoc2)cc1OC. The van der Waals surface area contributed by atoms with Gasteiger partial charge in [0.1, 0.15) is 6.26 Å². The molecule has 1 aromatic carbocycles. The monoisotopic (exact) mass is 430 g/mol. The van der Waals surface area contributed by atoms with Gasteiger partial charge in [0.15, 0.2) is 11.5 Å². The predicted octanol–water partition coefficient (Wildman–Crippen LogP) is 2.67. The van der Waals surface area contributed by atoms with Crippen LogP contribution in [0.3, 0.4) is 0 Å². The molecule has 0 saturated carbocycles. The molecule has 0 spiro atoms. The molecule has 1 unspecified atom stereocenters. The number of methoxy groups -OCH3 is 2. The Labute approximate surface area is 182 Å². The fraction of sp³-hybridized carbons (Fsp3) is 0.478. The highest BCUT2D eigenvalue weighted by Gasteiger charge is 2.24. The van der Waals surface area contributed by atoms with Crippen molar-refractivity contribution in [2.75, 3.05) is 40.5 Å². The molecule has 1 aliphatic heterocycles. The lowest BCUT2D eigenvalue weighted by atomic mass is 10.1. The van der Waals surface area contributed by atoms with E-state index in [1.165, 1.54) is 12.5 Å². The van der Waals surface area contributed by atoms with Crippen LogP contribution in [0.1, 0.15) is 35.2 Å². The van der Waals surface area contributed by atoms with Crippen molar-refractivity contribution in [2.45, 2.75) is 31.8 Å². The number of amides is 2. The molecule has 1 aliphatic rings. The summed E-state index contributed by atoms with van der Waals surface area (Å²) in [4.78, 5) is 26.8. The molecule has 31 heavy (non-hydrogen) atoms. The molecule has 1 fully saturated rings. The smallest absolute Gasteiger partial charge is 0.257 e. The number of nitrogens with zero attached hydrogens (tertiary/aromatic N) is 1. The minimum Gasteiger partial charge on any atom is -0.493 e. The third kappa shape index (κ3) is 6.49. The van der Waals surface area contributed by atoms with Gasteiger partial charge in [-0.25, -0.2) is 0 Å². The zero-order valence-electron chi connectivity index (χ0n) is 18.1. The number of hydrogen-bond acceptors (Lipinski definition) is 6. The number of hydrogen-bond donors (Lipinski definition) is 1. The molecular weight excluding hydrogens is 400 g/mol. The quantitative estimate of drug-likeness (QED) is 0.590. The second kappa shape index (κ2) is 11.4. The summed E-state index contributed by atoms with van der Waals surface area (Å²) in [5.74, 6) is 1.08. The topological polar surface area (TPSA) is 90.2 Å². The highest BCUT2D eigenvalue weighted by atomic mass is 16.5. The Balaban J connectivity index is 1.48. The molecule has 2 amide bonds. The highest BCUT2D eigenvalue weighted by Crippen LogP contribution is 2.27. The lowest BCUT2D eigenvalue weighted by Gasteiger charge is -2.25. The van der Waals surface area contributed by atoms with Crippen LogP contribution in [0.25, 0.3) is 0 Å². The molecule has 8 heteroatoms. The number of carbonyl (C=O) groups excluding carboxylic acids is 2. The molecular formula is C23H30N2O6. The van der Waals surface area contributed by atoms with Crippen LogP contribution in [0.5, 0.6) is 11.5 Å². The summed E-state index contributed by atoms with van der Waals surface area (Å²) in [6, 6.07) is 7.33. The van der Waals surface area contributed by atoms with Gasteiger partial charge in [-0.05, 0) is 43.0 Å². The van der Waals surface area contributed by atoms with Gasteiger partial charge in [-0.15, -0.1) is 0 Å². The maximum atomic E-state index is 12.8. The third-order valence-corrected chi connectivity index (χ3v) is 5.30. The largest absolute Gasteiger partial charge is 0.493 e. The van der Waals surface area contributed by atoms with Crippen molar-refractivity contribution in [1.82, 2.24) is 10.2 Å². The Morgan fingerprint density at radius 2 is 2.03 bits per heavy atom. The van der Waals surface area contributed by atoms with Crippen molar-refractivity contribution in [3.63, 3.8) is 0 Å². The van der Waals surface area contributed by atoms with Gasteiger partial charge in [0.05, 0.1) is 32.2 Å². The number of benzene rings is 1. The van der Waals surface area contributed by atoms with Crippen molar-refractivity contribution < 1.29 is 28.2 Å². The molecule has 2 heterocycles. The van der Waals surface area contributed by atoms with E-state index in [2.05, 4.69) is 5.32 Å². The zero-order valence-corrected chi connectivity index (χ0v) is 18.1. The maximum absolute atomic E-state index is 12.8. The van der Waals surface area contributed by atoms with Gasteiger partial charge in [-0.2, -0.15) is 0 Å². The second-order valence-corrected chi connectivity index (χ2v) is 7.44. The van der Waals surface area contributed by atoms with Gasteiger partial charge >= 0.3 is 0 Å². The molecule has 0 aliphatic carbocycles. The summed E-state index contributed by atoms with van der Waals surface area (Å²) in [5, 5.41) is 2.92. The van der Waals surface area contributed by atoms with E-state index >= 15 is 0 Å². The normalized spacial score (nSPS) is 15.5. The molecule has 1 saturated heterocycles. The van der Waals surface area contributed by atoms with Crippen molar-refractivity contribution in [1.29, 1.82) is 0 Å². The zero-order chi connectivity index (χ0) is 22.1. The summed E-state index contributed by atoms with van der Waals surface area (Å²) in [6.45, 7) is 2.01. The van der Waals surface area contributed by atoms with E-state index in [9.17, 15) is 9.59 Å². The van der Waals surface area contributed by atoms with Crippen LogP contribution in [-0.2, 0) is 16.0 Å². The standard InChI is InChI=1S/C23H30N2O6/c1-28-20-6-5-17(14-21(20)29-2)7-10-24-22(26)8-11-25(15-19-4-3-12-31-19)23(27)18-9-13-30-16-18/h5-6,9,13-14,16,19H,3-4,7-8,10-12,15H2,1-2H3,(H,24,26). The molecule has 168 valence electrons. The fourth-order valence-electron chi connectivity index (χ4n) is 3.59. The van der Waals surface area contributed by atoms with Crippen LogP contribution in [0.4, 0.5) is 0 Å². The average molecular weight is 431 g/mol. The van der Waals surface area contributed by atoms with Gasteiger partial charge in [0.2, 0.25) is 5.91 Å². The Morgan fingerprint density at radius 3 is 2.71 bits per heavy atom. The Bertz CT molecular complexity index is 846. The van der Waals surface area contributed by atoms with Crippen LogP contribution < -0.4 is 14.8 Å². The van der Waals surface area contributed by atoms with Gasteiger partial charge in [0, 0.05) is 32.7 Å². The van der Waals surface area contributed by atoms with Crippen LogP contribution in [0.2, 0.25) is 0 Å². The van der Waals surface area contributed by atoms with Crippen LogP contribution >= 0.6 is 0 Å². The first-order valence-electron chi connectivity index (χ1n) is 10.5. The minimum atomic E-state index is -0.151. The Hall–Kier alpha value is -3.00. The van der Waals surface area contributed by atoms with E-state index in [-0.39, 0.29) is 24.3 Å². The number of furan rings is 1. The number of ether oxygens (including phenoxy) is 3. The van der Waals surface area contributed by atoms with Gasteiger partial charge in [-0.3, -0.25) is 9.59 Å². The second-order valence-electron chi connectivity index (χ2n) is 7.44. The molecule has 0 bridgehead atoms. The summed E-state index contributed by atoms with van der Waals surface area (Å²) in [5.41, 5.74) is 1.51. The van der Waals surface area contributed by atoms with E-state index in [0.29, 0.717) is 43.1 Å². The first-order valence-corrected chi connectivity index (χ1v) is 10.5. The van der Waals surface area contributed by atoms with E-state index in [0.717, 1.165) is 25.0 Å². The predicted molar refractivity (Wildman–Crippen MR) is 114 cm³/mol. The van der Waals surface area contributed by atoms with Crippen molar-refractivity contribution in [3.05, 3.63) is 47.9 Å². The van der Waals surface area contributed by atoms with E-state index < -0.39 is 0 Å². The lowest BCUT2D eigenvalue weighted by molar-refractivity contribution is -0.121. The molecule has 1 atom stereocenters. The average Bonchev–Trinajstić information content (AvgIpc) is 3.50. The van der Waals surface area contributed by atoms with Gasteiger partial charge in [-0.1, -0.05) is 6.07 Å². The van der Waals surface area contributed by atoms with Crippen molar-refractivity contribution in [2.24, 2.45) is 0 Å². The first-order chi connectivity index (χ1) is 15.1. The van der Waals surface area contributed by atoms with Crippen LogP contribution in [-0.4, -0.2) is 63.3 Å². The molecule has 8 nitrogen and oxygen atoms in total.